The van der Waals surface area contributed by atoms with E-state index in [4.69, 9.17) is 4.42 Å². The minimum Gasteiger partial charge on any atom is -0.507 e. The Kier molecular flexibility index (Phi) is 4.61. The van der Waals surface area contributed by atoms with E-state index in [1.807, 2.05) is 6.92 Å². The van der Waals surface area contributed by atoms with Crippen molar-refractivity contribution >= 4 is 11.8 Å². The number of aryl methyl sites for hydroxylation is 1. The van der Waals surface area contributed by atoms with Crippen molar-refractivity contribution in [2.24, 2.45) is 0 Å². The van der Waals surface area contributed by atoms with Crippen LogP contribution in [0.15, 0.2) is 41.0 Å². The zero-order valence-corrected chi connectivity index (χ0v) is 11.6. The third kappa shape index (κ3) is 4.10. The van der Waals surface area contributed by atoms with Gasteiger partial charge in [-0.05, 0) is 36.8 Å². The Hall–Kier alpha value is -2.76. The van der Waals surface area contributed by atoms with Crippen molar-refractivity contribution < 1.29 is 19.1 Å². The van der Waals surface area contributed by atoms with Crippen LogP contribution in [0.4, 0.5) is 0 Å². The molecule has 0 aliphatic carbocycles. The number of nitrogens with one attached hydrogen (secondary N) is 2. The molecule has 3 N–H and O–H groups in total. The number of benzene rings is 1. The van der Waals surface area contributed by atoms with Gasteiger partial charge in [0.1, 0.15) is 11.5 Å². The monoisotopic (exact) mass is 288 g/mol. The smallest absolute Gasteiger partial charge is 0.255 e. The van der Waals surface area contributed by atoms with Crippen LogP contribution in [0.1, 0.15) is 21.7 Å². The molecule has 21 heavy (non-hydrogen) atoms. The zero-order valence-electron chi connectivity index (χ0n) is 11.6. The summed E-state index contributed by atoms with van der Waals surface area (Å²) in [7, 11) is 0. The van der Waals surface area contributed by atoms with Crippen molar-refractivity contribution in [3.8, 4) is 5.75 Å². The lowest BCUT2D eigenvalue weighted by Crippen LogP contribution is -2.36. The number of phenols is 1. The van der Waals surface area contributed by atoms with Crippen LogP contribution in [0.25, 0.3) is 0 Å². The molecule has 2 rings (SSSR count). The molecule has 6 heteroatoms. The summed E-state index contributed by atoms with van der Waals surface area (Å²) in [4.78, 5) is 23.4. The molecule has 1 heterocycles. The number of phenolic OH excluding ortho intramolecular Hbond substituents is 1. The van der Waals surface area contributed by atoms with E-state index >= 15 is 0 Å². The Balaban J connectivity index is 1.81. The average Bonchev–Trinajstić information content (AvgIpc) is 2.95. The van der Waals surface area contributed by atoms with Gasteiger partial charge in [0.15, 0.2) is 0 Å². The molecular formula is C15H16N2O4. The number of amides is 2. The predicted octanol–water partition coefficient (Wildman–Crippen LogP) is 1.34. The number of furan rings is 1. The van der Waals surface area contributed by atoms with Gasteiger partial charge in [0.2, 0.25) is 5.91 Å². The molecule has 0 fully saturated rings. The maximum absolute atomic E-state index is 11.8. The van der Waals surface area contributed by atoms with Crippen LogP contribution in [0, 0.1) is 6.92 Å². The SMILES string of the molecule is Cc1ccc(C(=O)NCC(=O)NCc2ccco2)c(O)c1. The second-order valence-corrected chi connectivity index (χ2v) is 4.56. The molecule has 0 unspecified atom stereocenters. The van der Waals surface area contributed by atoms with Crippen LogP contribution >= 0.6 is 0 Å². The second-order valence-electron chi connectivity index (χ2n) is 4.56. The van der Waals surface area contributed by atoms with Crippen LogP contribution in [-0.2, 0) is 11.3 Å². The number of aromatic hydroxyl groups is 1. The fourth-order valence-electron chi connectivity index (χ4n) is 1.75. The Labute approximate surface area is 121 Å². The van der Waals surface area contributed by atoms with Gasteiger partial charge in [0.25, 0.3) is 5.91 Å². The third-order valence-electron chi connectivity index (χ3n) is 2.85. The van der Waals surface area contributed by atoms with E-state index in [2.05, 4.69) is 10.6 Å². The molecule has 6 nitrogen and oxygen atoms in total. The maximum Gasteiger partial charge on any atom is 0.255 e. The Morgan fingerprint density at radius 1 is 1.24 bits per heavy atom. The van der Waals surface area contributed by atoms with Crippen molar-refractivity contribution in [3.05, 3.63) is 53.5 Å². The van der Waals surface area contributed by atoms with Crippen molar-refractivity contribution in [3.63, 3.8) is 0 Å². The molecule has 0 saturated heterocycles. The highest BCUT2D eigenvalue weighted by Crippen LogP contribution is 2.17. The molecule has 0 aliphatic heterocycles. The molecule has 2 amide bonds. The summed E-state index contributed by atoms with van der Waals surface area (Å²) < 4.78 is 5.07. The van der Waals surface area contributed by atoms with Gasteiger partial charge in [0, 0.05) is 0 Å². The first-order valence-corrected chi connectivity index (χ1v) is 6.43. The number of hydrogen-bond acceptors (Lipinski definition) is 4. The summed E-state index contributed by atoms with van der Waals surface area (Å²) in [6.07, 6.45) is 1.52. The lowest BCUT2D eigenvalue weighted by molar-refractivity contribution is -0.120. The fourth-order valence-corrected chi connectivity index (χ4v) is 1.75. The molecule has 0 spiro atoms. The number of rotatable bonds is 5. The summed E-state index contributed by atoms with van der Waals surface area (Å²) in [5, 5.41) is 14.7. The second kappa shape index (κ2) is 6.60. The summed E-state index contributed by atoms with van der Waals surface area (Å²) >= 11 is 0. The van der Waals surface area contributed by atoms with E-state index in [9.17, 15) is 14.7 Å². The molecule has 0 aliphatic rings. The van der Waals surface area contributed by atoms with Crippen molar-refractivity contribution in [1.82, 2.24) is 10.6 Å². The lowest BCUT2D eigenvalue weighted by Gasteiger charge is -2.07. The predicted molar refractivity (Wildman–Crippen MR) is 75.7 cm³/mol. The van der Waals surface area contributed by atoms with Gasteiger partial charge < -0.3 is 20.2 Å². The first kappa shape index (κ1) is 14.6. The molecule has 0 atom stereocenters. The van der Waals surface area contributed by atoms with Crippen LogP contribution < -0.4 is 10.6 Å². The maximum atomic E-state index is 11.8. The Morgan fingerprint density at radius 3 is 2.71 bits per heavy atom. The number of carbonyl (C=O) groups is 2. The van der Waals surface area contributed by atoms with Crippen molar-refractivity contribution in [1.29, 1.82) is 0 Å². The van der Waals surface area contributed by atoms with Gasteiger partial charge in [-0.25, -0.2) is 0 Å². The molecule has 0 saturated carbocycles. The van der Waals surface area contributed by atoms with Gasteiger partial charge >= 0.3 is 0 Å². The summed E-state index contributed by atoms with van der Waals surface area (Å²) in [5.41, 5.74) is 0.986. The largest absolute Gasteiger partial charge is 0.507 e. The minimum absolute atomic E-state index is 0.108. The normalized spacial score (nSPS) is 10.1. The summed E-state index contributed by atoms with van der Waals surface area (Å²) in [5.74, 6) is -0.318. The molecule has 1 aromatic carbocycles. The van der Waals surface area contributed by atoms with E-state index in [0.717, 1.165) is 5.56 Å². The first-order chi connectivity index (χ1) is 10.1. The molecule has 1 aromatic heterocycles. The van der Waals surface area contributed by atoms with Crippen molar-refractivity contribution in [2.75, 3.05) is 6.54 Å². The topological polar surface area (TPSA) is 91.6 Å². The van der Waals surface area contributed by atoms with Crippen LogP contribution in [-0.4, -0.2) is 23.5 Å². The van der Waals surface area contributed by atoms with E-state index < -0.39 is 5.91 Å². The zero-order chi connectivity index (χ0) is 15.2. The van der Waals surface area contributed by atoms with Gasteiger partial charge in [-0.3, -0.25) is 9.59 Å². The van der Waals surface area contributed by atoms with Crippen LogP contribution in [0.5, 0.6) is 5.75 Å². The third-order valence-corrected chi connectivity index (χ3v) is 2.85. The highest BCUT2D eigenvalue weighted by molar-refractivity contribution is 5.98. The van der Waals surface area contributed by atoms with Crippen molar-refractivity contribution in [2.45, 2.75) is 13.5 Å². The summed E-state index contributed by atoms with van der Waals surface area (Å²) in [6.45, 7) is 1.90. The molecular weight excluding hydrogens is 272 g/mol. The highest BCUT2D eigenvalue weighted by Gasteiger charge is 2.12. The lowest BCUT2D eigenvalue weighted by atomic mass is 10.1. The van der Waals surface area contributed by atoms with Gasteiger partial charge in [-0.15, -0.1) is 0 Å². The molecule has 0 radical (unpaired) electrons. The van der Waals surface area contributed by atoms with Gasteiger partial charge in [0.05, 0.1) is 24.9 Å². The minimum atomic E-state index is -0.499. The van der Waals surface area contributed by atoms with Gasteiger partial charge in [-0.2, -0.15) is 0 Å². The first-order valence-electron chi connectivity index (χ1n) is 6.43. The Morgan fingerprint density at radius 2 is 2.05 bits per heavy atom. The number of carbonyl (C=O) groups excluding carboxylic acids is 2. The standard InChI is InChI=1S/C15H16N2O4/c1-10-4-5-12(13(18)7-10)15(20)17-9-14(19)16-8-11-3-2-6-21-11/h2-7,18H,8-9H2,1H3,(H,16,19)(H,17,20). The molecule has 0 bridgehead atoms. The molecule has 2 aromatic rings. The highest BCUT2D eigenvalue weighted by atomic mass is 16.3. The van der Waals surface area contributed by atoms with E-state index in [0.29, 0.717) is 5.76 Å². The quantitative estimate of drug-likeness (QED) is 0.774. The van der Waals surface area contributed by atoms with Crippen LogP contribution in [0.2, 0.25) is 0 Å². The van der Waals surface area contributed by atoms with Crippen LogP contribution in [0.3, 0.4) is 0 Å². The fraction of sp³-hybridized carbons (Fsp3) is 0.200. The number of hydrogen-bond donors (Lipinski definition) is 3. The summed E-state index contributed by atoms with van der Waals surface area (Å²) in [6, 6.07) is 8.19. The average molecular weight is 288 g/mol. The Bertz CT molecular complexity index is 635. The van der Waals surface area contributed by atoms with E-state index in [1.165, 1.54) is 18.4 Å². The van der Waals surface area contributed by atoms with Gasteiger partial charge in [-0.1, -0.05) is 6.07 Å². The molecule has 110 valence electrons. The van der Waals surface area contributed by atoms with E-state index in [1.54, 1.807) is 18.2 Å². The van der Waals surface area contributed by atoms with E-state index in [-0.39, 0.29) is 30.3 Å².